The molecule has 1 amide bonds. The Kier molecular flexibility index (Phi) is 6.75. The van der Waals surface area contributed by atoms with Gasteiger partial charge in [-0.1, -0.05) is 25.1 Å². The van der Waals surface area contributed by atoms with Crippen molar-refractivity contribution in [2.45, 2.75) is 19.1 Å². The number of para-hydroxylation sites is 1. The number of thioether (sulfide) groups is 1. The lowest BCUT2D eigenvalue weighted by atomic mass is 10.3. The van der Waals surface area contributed by atoms with E-state index >= 15 is 0 Å². The lowest BCUT2D eigenvalue weighted by Gasteiger charge is -2.06. The van der Waals surface area contributed by atoms with Crippen LogP contribution in [-0.4, -0.2) is 23.3 Å². The minimum atomic E-state index is -0.137. The molecule has 6 heteroatoms. The number of aromatic nitrogens is 1. The fourth-order valence-corrected chi connectivity index (χ4v) is 2.63. The summed E-state index contributed by atoms with van der Waals surface area (Å²) in [6.07, 6.45) is 2.44. The van der Waals surface area contributed by atoms with Gasteiger partial charge in [0.2, 0.25) is 11.3 Å². The zero-order valence-electron chi connectivity index (χ0n) is 13.0. The molecule has 23 heavy (non-hydrogen) atoms. The van der Waals surface area contributed by atoms with Crippen LogP contribution in [0.5, 0.6) is 5.75 Å². The van der Waals surface area contributed by atoms with Crippen LogP contribution in [0.2, 0.25) is 0 Å². The smallest absolute Gasteiger partial charge is 0.234 e. The number of hydrogen-bond donors (Lipinski definition) is 2. The van der Waals surface area contributed by atoms with E-state index in [1.807, 2.05) is 37.3 Å². The van der Waals surface area contributed by atoms with E-state index < -0.39 is 0 Å². The first-order chi connectivity index (χ1) is 11.2. The topological polar surface area (TPSA) is 71.2 Å². The van der Waals surface area contributed by atoms with Crippen LogP contribution < -0.4 is 15.5 Å². The third-order valence-electron chi connectivity index (χ3n) is 2.95. The summed E-state index contributed by atoms with van der Waals surface area (Å²) < 4.78 is 5.34. The fraction of sp³-hybridized carbons (Fsp3) is 0.294. The summed E-state index contributed by atoms with van der Waals surface area (Å²) in [4.78, 5) is 26.7. The van der Waals surface area contributed by atoms with Crippen molar-refractivity contribution in [3.63, 3.8) is 0 Å². The molecule has 0 fully saturated rings. The second kappa shape index (κ2) is 9.05. The van der Waals surface area contributed by atoms with E-state index in [1.54, 1.807) is 6.20 Å². The summed E-state index contributed by atoms with van der Waals surface area (Å²) >= 11 is 1.44. The number of pyridine rings is 1. The molecule has 0 saturated heterocycles. The van der Waals surface area contributed by atoms with Crippen LogP contribution in [0.25, 0.3) is 0 Å². The highest BCUT2D eigenvalue weighted by Crippen LogP contribution is 2.12. The van der Waals surface area contributed by atoms with Gasteiger partial charge in [-0.25, -0.2) is 0 Å². The van der Waals surface area contributed by atoms with Crippen LogP contribution in [0.4, 0.5) is 5.69 Å². The van der Waals surface area contributed by atoms with Crippen molar-refractivity contribution in [3.8, 4) is 5.75 Å². The van der Waals surface area contributed by atoms with E-state index in [0.717, 1.165) is 17.8 Å². The average molecular weight is 332 g/mol. The lowest BCUT2D eigenvalue weighted by Crippen LogP contribution is -2.14. The molecule has 0 bridgehead atoms. The number of ether oxygens (including phenoxy) is 1. The molecule has 0 atom stereocenters. The Labute approximate surface area is 139 Å². The van der Waals surface area contributed by atoms with Crippen molar-refractivity contribution in [3.05, 3.63) is 58.5 Å². The van der Waals surface area contributed by atoms with E-state index in [9.17, 15) is 9.59 Å². The highest BCUT2D eigenvalue weighted by molar-refractivity contribution is 7.99. The number of hydrogen-bond acceptors (Lipinski definition) is 4. The van der Waals surface area contributed by atoms with Crippen LogP contribution in [0.1, 0.15) is 19.0 Å². The molecule has 0 aliphatic rings. The molecule has 1 heterocycles. The Morgan fingerprint density at radius 3 is 2.78 bits per heavy atom. The first kappa shape index (κ1) is 17.1. The van der Waals surface area contributed by atoms with Gasteiger partial charge in [0.05, 0.1) is 12.4 Å². The Hall–Kier alpha value is -2.21. The maximum atomic E-state index is 11.9. The zero-order valence-corrected chi connectivity index (χ0v) is 13.8. The molecule has 0 radical (unpaired) electrons. The first-order valence-corrected chi connectivity index (χ1v) is 8.61. The van der Waals surface area contributed by atoms with E-state index in [1.165, 1.54) is 17.8 Å². The number of anilines is 1. The first-order valence-electron chi connectivity index (χ1n) is 7.46. The molecular formula is C17H20N2O3S. The molecule has 0 saturated carbocycles. The van der Waals surface area contributed by atoms with Crippen molar-refractivity contribution >= 4 is 23.4 Å². The summed E-state index contributed by atoms with van der Waals surface area (Å²) in [7, 11) is 0. The normalized spacial score (nSPS) is 10.3. The molecule has 122 valence electrons. The van der Waals surface area contributed by atoms with Gasteiger partial charge in [0, 0.05) is 29.4 Å². The molecule has 2 aromatic rings. The Bertz CT molecular complexity index is 686. The summed E-state index contributed by atoms with van der Waals surface area (Å²) in [5.74, 6) is 1.16. The van der Waals surface area contributed by atoms with Gasteiger partial charge in [-0.3, -0.25) is 9.59 Å². The van der Waals surface area contributed by atoms with Crippen LogP contribution in [0.3, 0.4) is 0 Å². The quantitative estimate of drug-likeness (QED) is 0.779. The molecule has 2 rings (SSSR count). The number of rotatable bonds is 8. The number of benzene rings is 1. The summed E-state index contributed by atoms with van der Waals surface area (Å²) in [5.41, 5.74) is 1.42. The fourth-order valence-electron chi connectivity index (χ4n) is 1.88. The highest BCUT2D eigenvalue weighted by atomic mass is 32.2. The number of carbonyl (C=O) groups is 1. The molecule has 2 N–H and O–H groups in total. The van der Waals surface area contributed by atoms with Gasteiger partial charge < -0.3 is 15.0 Å². The second-order valence-electron chi connectivity index (χ2n) is 4.94. The molecule has 0 unspecified atom stereocenters. The highest BCUT2D eigenvalue weighted by Gasteiger charge is 2.05. The summed E-state index contributed by atoms with van der Waals surface area (Å²) in [6, 6.07) is 10.8. The molecule has 0 aliphatic heterocycles. The second-order valence-corrected chi connectivity index (χ2v) is 5.93. The maximum Gasteiger partial charge on any atom is 0.234 e. The van der Waals surface area contributed by atoms with Gasteiger partial charge in [-0.15, -0.1) is 11.8 Å². The van der Waals surface area contributed by atoms with E-state index in [2.05, 4.69) is 10.3 Å². The average Bonchev–Trinajstić information content (AvgIpc) is 2.55. The minimum absolute atomic E-state index is 0.0635. The lowest BCUT2D eigenvalue weighted by molar-refractivity contribution is -0.113. The van der Waals surface area contributed by atoms with Gasteiger partial charge >= 0.3 is 0 Å². The largest absolute Gasteiger partial charge is 0.488 e. The number of nitrogens with one attached hydrogen (secondary N) is 2. The summed E-state index contributed by atoms with van der Waals surface area (Å²) in [5, 5.41) is 2.82. The van der Waals surface area contributed by atoms with Gasteiger partial charge in [-0.2, -0.15) is 0 Å². The van der Waals surface area contributed by atoms with Gasteiger partial charge in [0.25, 0.3) is 0 Å². The van der Waals surface area contributed by atoms with E-state index in [0.29, 0.717) is 23.9 Å². The van der Waals surface area contributed by atoms with E-state index in [4.69, 9.17) is 4.74 Å². The number of amides is 1. The van der Waals surface area contributed by atoms with Crippen LogP contribution in [-0.2, 0) is 10.5 Å². The molecule has 0 aliphatic carbocycles. The van der Waals surface area contributed by atoms with Crippen molar-refractivity contribution < 1.29 is 9.53 Å². The van der Waals surface area contributed by atoms with Gasteiger partial charge in [0.15, 0.2) is 5.75 Å². The molecule has 1 aromatic carbocycles. The van der Waals surface area contributed by atoms with Gasteiger partial charge in [-0.05, 0) is 18.6 Å². The Morgan fingerprint density at radius 2 is 2.09 bits per heavy atom. The monoisotopic (exact) mass is 332 g/mol. The zero-order chi connectivity index (χ0) is 16.5. The third kappa shape index (κ3) is 5.83. The van der Waals surface area contributed by atoms with Crippen LogP contribution in [0.15, 0.2) is 47.4 Å². The summed E-state index contributed by atoms with van der Waals surface area (Å²) in [6.45, 7) is 2.51. The predicted molar refractivity (Wildman–Crippen MR) is 94.1 cm³/mol. The molecule has 1 aromatic heterocycles. The Balaban J connectivity index is 1.78. The van der Waals surface area contributed by atoms with E-state index in [-0.39, 0.29) is 11.3 Å². The molecule has 5 nitrogen and oxygen atoms in total. The van der Waals surface area contributed by atoms with Crippen molar-refractivity contribution in [2.75, 3.05) is 17.7 Å². The van der Waals surface area contributed by atoms with Gasteiger partial charge in [0.1, 0.15) is 0 Å². The SMILES string of the molecule is CCCOc1c[nH]c(CSCC(=O)Nc2ccccc2)cc1=O. The standard InChI is InChI=1S/C17H20N2O3S/c1-2-8-22-16-10-18-14(9-15(16)20)11-23-12-17(21)19-13-6-4-3-5-7-13/h3-7,9-10H,2,8,11-12H2,1H3,(H,18,20)(H,19,21). The Morgan fingerprint density at radius 1 is 1.30 bits per heavy atom. The minimum Gasteiger partial charge on any atom is -0.488 e. The number of aromatic amines is 1. The number of H-pyrrole nitrogens is 1. The molecule has 0 spiro atoms. The number of carbonyl (C=O) groups excluding carboxylic acids is 1. The van der Waals surface area contributed by atoms with Crippen LogP contribution >= 0.6 is 11.8 Å². The maximum absolute atomic E-state index is 11.9. The van der Waals surface area contributed by atoms with Crippen molar-refractivity contribution in [2.24, 2.45) is 0 Å². The predicted octanol–water partition coefficient (Wildman–Crippen LogP) is 3.04. The van der Waals surface area contributed by atoms with Crippen molar-refractivity contribution in [1.29, 1.82) is 0 Å². The third-order valence-corrected chi connectivity index (χ3v) is 3.93. The van der Waals surface area contributed by atoms with Crippen LogP contribution in [0, 0.1) is 0 Å². The van der Waals surface area contributed by atoms with Crippen molar-refractivity contribution in [1.82, 2.24) is 4.98 Å². The molecular weight excluding hydrogens is 312 g/mol.